The topological polar surface area (TPSA) is 90.9 Å². The zero-order chi connectivity index (χ0) is 10.0. The quantitative estimate of drug-likeness (QED) is 0.715. The Labute approximate surface area is 85.6 Å². The second-order valence-electron chi connectivity index (χ2n) is 2.87. The fourth-order valence-electron chi connectivity index (χ4n) is 1.04. The van der Waals surface area contributed by atoms with Crippen molar-refractivity contribution >= 4 is 21.7 Å². The predicted molar refractivity (Wildman–Crippen MR) is 57.1 cm³/mol. The average Bonchev–Trinajstić information content (AvgIpc) is 2.10. The molecule has 0 saturated carbocycles. The number of pyridine rings is 1. The highest BCUT2D eigenvalue weighted by Gasteiger charge is 2.10. The third kappa shape index (κ3) is 2.18. The first-order chi connectivity index (χ1) is 6.06. The number of aryl methyl sites for hydroxylation is 1. The van der Waals surface area contributed by atoms with E-state index in [4.69, 9.17) is 17.2 Å². The van der Waals surface area contributed by atoms with Gasteiger partial charge in [-0.25, -0.2) is 4.98 Å². The number of nitrogens with two attached hydrogens (primary N) is 3. The van der Waals surface area contributed by atoms with E-state index in [-0.39, 0.29) is 6.04 Å². The lowest BCUT2D eigenvalue weighted by atomic mass is 10.1. The van der Waals surface area contributed by atoms with E-state index >= 15 is 0 Å². The number of halogens is 1. The van der Waals surface area contributed by atoms with Crippen LogP contribution in [0.25, 0.3) is 0 Å². The van der Waals surface area contributed by atoms with Crippen LogP contribution in [-0.4, -0.2) is 11.5 Å². The molecule has 0 unspecified atom stereocenters. The number of aromatic nitrogens is 1. The predicted octanol–water partition coefficient (Wildman–Crippen LogP) is 0.693. The molecule has 0 aliphatic rings. The summed E-state index contributed by atoms with van der Waals surface area (Å²) in [6, 6.07) is 1.62. The SMILES string of the molecule is Cc1nc(N)c([C@H](N)CN)cc1Br. The Morgan fingerprint density at radius 2 is 2.23 bits per heavy atom. The van der Waals surface area contributed by atoms with Crippen LogP contribution in [0.3, 0.4) is 0 Å². The van der Waals surface area contributed by atoms with Crippen molar-refractivity contribution < 1.29 is 0 Å². The standard InChI is InChI=1S/C8H13BrN4/c1-4-6(9)2-5(7(11)3-10)8(12)13-4/h2,7H,3,10-11H2,1H3,(H2,12,13)/t7-/m1/s1. The van der Waals surface area contributed by atoms with E-state index in [2.05, 4.69) is 20.9 Å². The van der Waals surface area contributed by atoms with Gasteiger partial charge in [-0.15, -0.1) is 0 Å². The number of nitrogens with zero attached hydrogens (tertiary/aromatic N) is 1. The lowest BCUT2D eigenvalue weighted by Crippen LogP contribution is -2.22. The van der Waals surface area contributed by atoms with Gasteiger partial charge >= 0.3 is 0 Å². The van der Waals surface area contributed by atoms with Gasteiger partial charge < -0.3 is 17.2 Å². The second kappa shape index (κ2) is 4.04. The molecule has 72 valence electrons. The molecule has 0 fully saturated rings. The van der Waals surface area contributed by atoms with Gasteiger partial charge in [0.05, 0.1) is 5.69 Å². The Morgan fingerprint density at radius 3 is 2.77 bits per heavy atom. The van der Waals surface area contributed by atoms with Crippen molar-refractivity contribution in [2.24, 2.45) is 11.5 Å². The van der Waals surface area contributed by atoms with Gasteiger partial charge in [-0.1, -0.05) is 0 Å². The summed E-state index contributed by atoms with van der Waals surface area (Å²) in [6.45, 7) is 2.24. The molecule has 5 heteroatoms. The minimum Gasteiger partial charge on any atom is -0.383 e. The van der Waals surface area contributed by atoms with Crippen molar-refractivity contribution in [2.45, 2.75) is 13.0 Å². The minimum absolute atomic E-state index is 0.246. The fraction of sp³-hybridized carbons (Fsp3) is 0.375. The number of anilines is 1. The molecule has 0 aliphatic heterocycles. The van der Waals surface area contributed by atoms with Gasteiger partial charge in [-0.2, -0.15) is 0 Å². The van der Waals surface area contributed by atoms with Crippen LogP contribution in [0.2, 0.25) is 0 Å². The molecule has 0 saturated heterocycles. The number of hydrogen-bond donors (Lipinski definition) is 3. The maximum atomic E-state index is 5.75. The van der Waals surface area contributed by atoms with E-state index in [9.17, 15) is 0 Å². The summed E-state index contributed by atoms with van der Waals surface area (Å²) in [5.74, 6) is 0.457. The van der Waals surface area contributed by atoms with E-state index in [1.165, 1.54) is 0 Å². The van der Waals surface area contributed by atoms with Crippen molar-refractivity contribution in [3.05, 3.63) is 21.8 Å². The molecule has 1 heterocycles. The highest BCUT2D eigenvalue weighted by molar-refractivity contribution is 9.10. The molecular formula is C8H13BrN4. The van der Waals surface area contributed by atoms with Crippen LogP contribution < -0.4 is 17.2 Å². The molecule has 0 spiro atoms. The first kappa shape index (κ1) is 10.4. The lowest BCUT2D eigenvalue weighted by Gasteiger charge is -2.12. The zero-order valence-corrected chi connectivity index (χ0v) is 9.01. The lowest BCUT2D eigenvalue weighted by molar-refractivity contribution is 0.734. The molecule has 4 nitrogen and oxygen atoms in total. The molecule has 1 aromatic heterocycles. The van der Waals surface area contributed by atoms with Gasteiger partial charge in [0.15, 0.2) is 0 Å². The maximum absolute atomic E-state index is 5.75. The van der Waals surface area contributed by atoms with Crippen molar-refractivity contribution in [1.29, 1.82) is 0 Å². The Hall–Kier alpha value is -0.650. The van der Waals surface area contributed by atoms with Gasteiger partial charge in [0.2, 0.25) is 0 Å². The third-order valence-corrected chi connectivity index (χ3v) is 2.67. The van der Waals surface area contributed by atoms with Gasteiger partial charge in [0.1, 0.15) is 5.82 Å². The largest absolute Gasteiger partial charge is 0.383 e. The molecule has 0 aliphatic carbocycles. The van der Waals surface area contributed by atoms with E-state index in [1.807, 2.05) is 13.0 Å². The van der Waals surface area contributed by atoms with Gasteiger partial charge in [0.25, 0.3) is 0 Å². The van der Waals surface area contributed by atoms with E-state index in [0.29, 0.717) is 12.4 Å². The second-order valence-corrected chi connectivity index (χ2v) is 3.73. The van der Waals surface area contributed by atoms with E-state index in [0.717, 1.165) is 15.7 Å². The molecule has 0 amide bonds. The monoisotopic (exact) mass is 244 g/mol. The molecule has 0 radical (unpaired) electrons. The van der Waals surface area contributed by atoms with E-state index in [1.54, 1.807) is 0 Å². The number of nitrogen functional groups attached to an aromatic ring is 1. The molecule has 0 aromatic carbocycles. The van der Waals surface area contributed by atoms with Crippen LogP contribution in [0.4, 0.5) is 5.82 Å². The van der Waals surface area contributed by atoms with Crippen LogP contribution in [0.15, 0.2) is 10.5 Å². The molecular weight excluding hydrogens is 232 g/mol. The van der Waals surface area contributed by atoms with Crippen LogP contribution in [-0.2, 0) is 0 Å². The summed E-state index contributed by atoms with van der Waals surface area (Å²) >= 11 is 3.36. The highest BCUT2D eigenvalue weighted by Crippen LogP contribution is 2.23. The summed E-state index contributed by atoms with van der Waals surface area (Å²) in [4.78, 5) is 4.14. The van der Waals surface area contributed by atoms with E-state index < -0.39 is 0 Å². The summed E-state index contributed by atoms with van der Waals surface area (Å²) in [6.07, 6.45) is 0. The molecule has 0 bridgehead atoms. The molecule has 6 N–H and O–H groups in total. The first-order valence-electron chi connectivity index (χ1n) is 3.94. The fourth-order valence-corrected chi connectivity index (χ4v) is 1.37. The van der Waals surface area contributed by atoms with Crippen molar-refractivity contribution in [2.75, 3.05) is 12.3 Å². The summed E-state index contributed by atoms with van der Waals surface area (Å²) in [5.41, 5.74) is 18.5. The Balaban J connectivity index is 3.15. The van der Waals surface area contributed by atoms with Gasteiger partial charge in [0, 0.05) is 22.6 Å². The summed E-state index contributed by atoms with van der Waals surface area (Å²) in [7, 11) is 0. The minimum atomic E-state index is -0.246. The smallest absolute Gasteiger partial charge is 0.128 e. The summed E-state index contributed by atoms with van der Waals surface area (Å²) < 4.78 is 0.903. The zero-order valence-electron chi connectivity index (χ0n) is 7.42. The van der Waals surface area contributed by atoms with Crippen molar-refractivity contribution in [3.63, 3.8) is 0 Å². The van der Waals surface area contributed by atoms with Gasteiger partial charge in [-0.05, 0) is 28.9 Å². The number of hydrogen-bond acceptors (Lipinski definition) is 4. The Bertz CT molecular complexity index is 313. The first-order valence-corrected chi connectivity index (χ1v) is 4.73. The molecule has 13 heavy (non-hydrogen) atoms. The average molecular weight is 245 g/mol. The van der Waals surface area contributed by atoms with Crippen LogP contribution >= 0.6 is 15.9 Å². The highest BCUT2D eigenvalue weighted by atomic mass is 79.9. The van der Waals surface area contributed by atoms with Gasteiger partial charge in [-0.3, -0.25) is 0 Å². The molecule has 1 atom stereocenters. The van der Waals surface area contributed by atoms with Crippen molar-refractivity contribution in [3.8, 4) is 0 Å². The Morgan fingerprint density at radius 1 is 1.62 bits per heavy atom. The normalized spacial score (nSPS) is 12.9. The number of rotatable bonds is 2. The maximum Gasteiger partial charge on any atom is 0.128 e. The Kier molecular flexibility index (Phi) is 3.24. The third-order valence-electron chi connectivity index (χ3n) is 1.87. The van der Waals surface area contributed by atoms with Crippen molar-refractivity contribution in [1.82, 2.24) is 4.98 Å². The van der Waals surface area contributed by atoms with Crippen LogP contribution in [0.5, 0.6) is 0 Å². The van der Waals surface area contributed by atoms with Crippen LogP contribution in [0.1, 0.15) is 17.3 Å². The molecule has 1 aromatic rings. The summed E-state index contributed by atoms with van der Waals surface area (Å²) in [5, 5.41) is 0. The van der Waals surface area contributed by atoms with Crippen LogP contribution in [0, 0.1) is 6.92 Å². The molecule has 1 rings (SSSR count).